The van der Waals surface area contributed by atoms with Crippen LogP contribution in [0.2, 0.25) is 5.02 Å². The second-order valence-electron chi connectivity index (χ2n) is 6.18. The van der Waals surface area contributed by atoms with Crippen molar-refractivity contribution in [3.8, 4) is 0 Å². The van der Waals surface area contributed by atoms with Crippen molar-refractivity contribution in [2.45, 2.75) is 4.90 Å². The van der Waals surface area contributed by atoms with E-state index in [0.29, 0.717) is 26.2 Å². The first-order valence-corrected chi connectivity index (χ1v) is 9.98. The number of sulfonamides is 1. The highest BCUT2D eigenvalue weighted by Gasteiger charge is 2.34. The Morgan fingerprint density at radius 3 is 2.54 bits per heavy atom. The molecule has 0 atom stereocenters. The van der Waals surface area contributed by atoms with Gasteiger partial charge in [0, 0.05) is 13.1 Å². The van der Waals surface area contributed by atoms with E-state index in [1.54, 1.807) is 0 Å². The molecular formula is C15H19ClFN4O4S+. The van der Waals surface area contributed by atoms with Gasteiger partial charge in [0.25, 0.3) is 5.91 Å². The number of quaternary nitrogens is 1. The number of benzene rings is 1. The zero-order valence-electron chi connectivity index (χ0n) is 13.9. The highest BCUT2D eigenvalue weighted by Crippen LogP contribution is 2.22. The van der Waals surface area contributed by atoms with Crippen molar-refractivity contribution < 1.29 is 27.3 Å². The second kappa shape index (κ2) is 7.47. The molecule has 2 aliphatic heterocycles. The van der Waals surface area contributed by atoms with Crippen molar-refractivity contribution >= 4 is 33.6 Å². The number of hydrogen-bond donors (Lipinski definition) is 2. The van der Waals surface area contributed by atoms with Crippen molar-refractivity contribution in [2.24, 2.45) is 0 Å². The molecule has 2 heterocycles. The number of hydrogen-bond acceptors (Lipinski definition) is 4. The molecule has 0 bridgehead atoms. The number of nitrogens with zero attached hydrogens (tertiary/aromatic N) is 2. The minimum absolute atomic E-state index is 0.0582. The molecule has 1 aromatic rings. The fourth-order valence-corrected chi connectivity index (χ4v) is 4.74. The monoisotopic (exact) mass is 405 g/mol. The molecule has 0 unspecified atom stereocenters. The number of nitrogens with one attached hydrogen (secondary N) is 2. The number of carbonyl (C=O) groups excluding carboxylic acids is 2. The Labute approximate surface area is 155 Å². The molecule has 2 fully saturated rings. The van der Waals surface area contributed by atoms with Gasteiger partial charge >= 0.3 is 6.03 Å². The Hall–Kier alpha value is -1.75. The fourth-order valence-electron chi connectivity index (χ4n) is 3.02. The van der Waals surface area contributed by atoms with Crippen LogP contribution in [0.4, 0.5) is 9.18 Å². The normalized spacial score (nSPS) is 19.6. The molecule has 11 heteroatoms. The molecule has 2 saturated heterocycles. The van der Waals surface area contributed by atoms with Crippen LogP contribution in [0.3, 0.4) is 0 Å². The summed E-state index contributed by atoms with van der Waals surface area (Å²) in [4.78, 5) is 25.7. The summed E-state index contributed by atoms with van der Waals surface area (Å²) in [6.07, 6.45) is 0. The van der Waals surface area contributed by atoms with Gasteiger partial charge in [-0.1, -0.05) is 11.6 Å². The molecule has 2 aliphatic rings. The van der Waals surface area contributed by atoms with Crippen LogP contribution in [0.15, 0.2) is 23.1 Å². The molecule has 26 heavy (non-hydrogen) atoms. The molecule has 142 valence electrons. The predicted molar refractivity (Wildman–Crippen MR) is 90.8 cm³/mol. The maximum atomic E-state index is 13.2. The van der Waals surface area contributed by atoms with E-state index in [1.165, 1.54) is 15.3 Å². The number of imide groups is 1. The van der Waals surface area contributed by atoms with Crippen molar-refractivity contribution in [1.29, 1.82) is 0 Å². The first-order valence-electron chi connectivity index (χ1n) is 8.16. The summed E-state index contributed by atoms with van der Waals surface area (Å²) in [5.74, 6) is -0.944. The van der Waals surface area contributed by atoms with E-state index in [-0.39, 0.29) is 41.5 Å². The summed E-state index contributed by atoms with van der Waals surface area (Å²) >= 11 is 5.68. The first-order chi connectivity index (χ1) is 12.3. The quantitative estimate of drug-likeness (QED) is 0.666. The van der Waals surface area contributed by atoms with Gasteiger partial charge in [0.2, 0.25) is 10.0 Å². The molecule has 0 spiro atoms. The summed E-state index contributed by atoms with van der Waals surface area (Å²) in [5, 5.41) is 2.33. The van der Waals surface area contributed by atoms with Crippen LogP contribution in [0.1, 0.15) is 0 Å². The zero-order chi connectivity index (χ0) is 18.9. The number of urea groups is 1. The maximum Gasteiger partial charge on any atom is 0.324 e. The van der Waals surface area contributed by atoms with Crippen molar-refractivity contribution in [1.82, 2.24) is 14.5 Å². The van der Waals surface area contributed by atoms with Gasteiger partial charge in [0.1, 0.15) is 5.82 Å². The Balaban J connectivity index is 1.60. The average Bonchev–Trinajstić information content (AvgIpc) is 3.04. The summed E-state index contributed by atoms with van der Waals surface area (Å²) < 4.78 is 39.8. The van der Waals surface area contributed by atoms with Gasteiger partial charge in [-0.05, 0) is 18.2 Å². The molecule has 2 N–H and O–H groups in total. The lowest BCUT2D eigenvalue weighted by Crippen LogP contribution is -3.15. The highest BCUT2D eigenvalue weighted by atomic mass is 35.5. The standard InChI is InChI=1S/C15H18ClFN4O4S/c16-12-9-11(1-2-13(12)17)26(24,25)20-7-5-19(6-8-20)10-14(22)21-4-3-18-15(21)23/h1-2,9H,3-8,10H2,(H,18,23)/p+1. The fraction of sp³-hybridized carbons (Fsp3) is 0.467. The van der Waals surface area contributed by atoms with E-state index in [0.717, 1.165) is 17.0 Å². The molecule has 0 aromatic heterocycles. The maximum absolute atomic E-state index is 13.2. The van der Waals surface area contributed by atoms with E-state index in [2.05, 4.69) is 5.32 Å². The van der Waals surface area contributed by atoms with Gasteiger partial charge < -0.3 is 10.2 Å². The van der Waals surface area contributed by atoms with Gasteiger partial charge in [-0.25, -0.2) is 17.6 Å². The summed E-state index contributed by atoms with van der Waals surface area (Å²) in [6, 6.07) is 2.92. The third-order valence-corrected chi connectivity index (χ3v) is 6.70. The Morgan fingerprint density at radius 1 is 1.27 bits per heavy atom. The summed E-state index contributed by atoms with van der Waals surface area (Å²) in [7, 11) is -3.77. The lowest BCUT2D eigenvalue weighted by Gasteiger charge is -2.31. The Bertz CT molecular complexity index is 827. The van der Waals surface area contributed by atoms with Crippen LogP contribution in [-0.2, 0) is 14.8 Å². The molecule has 0 saturated carbocycles. The number of carbonyl (C=O) groups is 2. The van der Waals surface area contributed by atoms with Crippen LogP contribution in [0.5, 0.6) is 0 Å². The van der Waals surface area contributed by atoms with E-state index < -0.39 is 15.8 Å². The number of halogens is 2. The van der Waals surface area contributed by atoms with Gasteiger partial charge in [0.15, 0.2) is 6.54 Å². The minimum Gasteiger partial charge on any atom is -0.336 e. The molecule has 3 rings (SSSR count). The van der Waals surface area contributed by atoms with Crippen LogP contribution >= 0.6 is 11.6 Å². The highest BCUT2D eigenvalue weighted by molar-refractivity contribution is 7.89. The largest absolute Gasteiger partial charge is 0.336 e. The Morgan fingerprint density at radius 2 is 1.96 bits per heavy atom. The number of amides is 3. The van der Waals surface area contributed by atoms with Crippen LogP contribution < -0.4 is 10.2 Å². The molecule has 0 radical (unpaired) electrons. The van der Waals surface area contributed by atoms with Crippen LogP contribution in [0.25, 0.3) is 0 Å². The van der Waals surface area contributed by atoms with Crippen molar-refractivity contribution in [3.63, 3.8) is 0 Å². The lowest BCUT2D eigenvalue weighted by atomic mass is 10.3. The Kier molecular flexibility index (Phi) is 5.47. The number of rotatable bonds is 4. The number of piperazine rings is 1. The molecular weight excluding hydrogens is 387 g/mol. The average molecular weight is 406 g/mol. The third-order valence-electron chi connectivity index (χ3n) is 4.52. The van der Waals surface area contributed by atoms with Gasteiger partial charge in [-0.2, -0.15) is 4.31 Å². The van der Waals surface area contributed by atoms with E-state index >= 15 is 0 Å². The van der Waals surface area contributed by atoms with Gasteiger partial charge in [0.05, 0.1) is 36.1 Å². The molecule has 0 aliphatic carbocycles. The van der Waals surface area contributed by atoms with Crippen LogP contribution in [-0.4, -0.2) is 75.4 Å². The van der Waals surface area contributed by atoms with Gasteiger partial charge in [-0.3, -0.25) is 9.69 Å². The second-order valence-corrected chi connectivity index (χ2v) is 8.53. The summed E-state index contributed by atoms with van der Waals surface area (Å²) in [5.41, 5.74) is 0. The van der Waals surface area contributed by atoms with Gasteiger partial charge in [-0.15, -0.1) is 0 Å². The lowest BCUT2D eigenvalue weighted by molar-refractivity contribution is -0.895. The summed E-state index contributed by atoms with van der Waals surface area (Å²) in [6.45, 7) is 2.29. The predicted octanol–water partition coefficient (Wildman–Crippen LogP) is -1.08. The first kappa shape index (κ1) is 19.0. The van der Waals surface area contributed by atoms with Crippen molar-refractivity contribution in [2.75, 3.05) is 45.8 Å². The van der Waals surface area contributed by atoms with E-state index in [4.69, 9.17) is 11.6 Å². The molecule has 8 nitrogen and oxygen atoms in total. The van der Waals surface area contributed by atoms with E-state index in [1.807, 2.05) is 0 Å². The zero-order valence-corrected chi connectivity index (χ0v) is 15.4. The third kappa shape index (κ3) is 3.83. The SMILES string of the molecule is O=C(C[NH+]1CCN(S(=O)(=O)c2ccc(F)c(Cl)c2)CC1)N1CCNC1=O. The smallest absolute Gasteiger partial charge is 0.324 e. The van der Waals surface area contributed by atoms with Crippen LogP contribution in [0, 0.1) is 5.82 Å². The van der Waals surface area contributed by atoms with E-state index in [9.17, 15) is 22.4 Å². The van der Waals surface area contributed by atoms with Crippen molar-refractivity contribution in [3.05, 3.63) is 29.0 Å². The molecule has 3 amide bonds. The minimum atomic E-state index is -3.77. The molecule has 1 aromatic carbocycles. The topological polar surface area (TPSA) is 91.2 Å².